The Labute approximate surface area is 148 Å². The summed E-state index contributed by atoms with van der Waals surface area (Å²) in [4.78, 5) is 24.6. The van der Waals surface area contributed by atoms with Crippen molar-refractivity contribution in [1.82, 2.24) is 9.13 Å². The number of hydrogen-bond donors (Lipinski definition) is 4. The van der Waals surface area contributed by atoms with Gasteiger partial charge in [-0.15, -0.1) is 0 Å². The van der Waals surface area contributed by atoms with Crippen LogP contribution in [-0.2, 0) is 11.3 Å². The van der Waals surface area contributed by atoms with Crippen molar-refractivity contribution in [2.24, 2.45) is 5.92 Å². The average Bonchev–Trinajstić information content (AvgIpc) is 2.61. The molecule has 0 aliphatic carbocycles. The summed E-state index contributed by atoms with van der Waals surface area (Å²) in [7, 11) is 0. The number of hydrogen-bond acceptors (Lipinski definition) is 7. The molecule has 10 heteroatoms. The summed E-state index contributed by atoms with van der Waals surface area (Å²) in [5.74, 6) is -1.82. The van der Waals surface area contributed by atoms with Crippen LogP contribution in [0.2, 0.25) is 0 Å². The Morgan fingerprint density at radius 3 is 2.50 bits per heavy atom. The Balaban J connectivity index is 2.33. The molecule has 2 rings (SSSR count). The van der Waals surface area contributed by atoms with Gasteiger partial charge < -0.3 is 25.2 Å². The fourth-order valence-corrected chi connectivity index (χ4v) is 2.83. The molecule has 4 N–H and O–H groups in total. The molecule has 1 aromatic rings. The Morgan fingerprint density at radius 1 is 1.31 bits per heavy atom. The Kier molecular flexibility index (Phi) is 6.69. The van der Waals surface area contributed by atoms with Crippen molar-refractivity contribution in [2.75, 3.05) is 19.8 Å². The Morgan fingerprint density at radius 2 is 1.92 bits per heavy atom. The van der Waals surface area contributed by atoms with Gasteiger partial charge in [0.1, 0.15) is 6.23 Å². The van der Waals surface area contributed by atoms with Crippen LogP contribution in [0, 0.1) is 11.7 Å². The normalized spacial score (nSPS) is 20.5. The van der Waals surface area contributed by atoms with Gasteiger partial charge in [0, 0.05) is 45.0 Å². The van der Waals surface area contributed by atoms with Crippen molar-refractivity contribution in [3.63, 3.8) is 0 Å². The van der Waals surface area contributed by atoms with E-state index in [1.807, 2.05) is 0 Å². The van der Waals surface area contributed by atoms with Crippen molar-refractivity contribution in [1.29, 1.82) is 0 Å². The highest BCUT2D eigenvalue weighted by molar-refractivity contribution is 4.94. The predicted octanol–water partition coefficient (Wildman–Crippen LogP) is -1.44. The second-order valence-electron chi connectivity index (χ2n) is 6.84. The molecule has 1 aliphatic rings. The fourth-order valence-electron chi connectivity index (χ4n) is 2.83. The first kappa shape index (κ1) is 20.7. The lowest BCUT2D eigenvalue weighted by Gasteiger charge is -2.32. The third-order valence-corrected chi connectivity index (χ3v) is 4.75. The molecule has 9 nitrogen and oxygen atoms in total. The van der Waals surface area contributed by atoms with E-state index in [1.54, 1.807) is 6.92 Å². The number of nitrogens with zero attached hydrogens (tertiary/aromatic N) is 2. The molecule has 1 saturated heterocycles. The van der Waals surface area contributed by atoms with E-state index in [2.05, 4.69) is 0 Å². The van der Waals surface area contributed by atoms with Gasteiger partial charge in [-0.2, -0.15) is 4.39 Å². The number of aliphatic hydroxyl groups excluding tert-OH is 3. The van der Waals surface area contributed by atoms with E-state index in [9.17, 15) is 29.3 Å². The summed E-state index contributed by atoms with van der Waals surface area (Å²) < 4.78 is 20.3. The minimum Gasteiger partial charge on any atom is -0.396 e. The predicted molar refractivity (Wildman–Crippen MR) is 88.1 cm³/mol. The largest absolute Gasteiger partial charge is 0.396 e. The highest BCUT2D eigenvalue weighted by Gasteiger charge is 2.32. The van der Waals surface area contributed by atoms with Crippen LogP contribution in [0.4, 0.5) is 4.39 Å². The van der Waals surface area contributed by atoms with Crippen LogP contribution >= 0.6 is 0 Å². The molecular formula is C16H25FN2O7. The Bertz CT molecular complexity index is 726. The summed E-state index contributed by atoms with van der Waals surface area (Å²) in [6.45, 7) is 1.30. The topological polar surface area (TPSA) is 134 Å². The average molecular weight is 376 g/mol. The highest BCUT2D eigenvalue weighted by Crippen LogP contribution is 2.21. The lowest BCUT2D eigenvalue weighted by atomic mass is 9.94. The van der Waals surface area contributed by atoms with Crippen molar-refractivity contribution >= 4 is 0 Å². The maximum absolute atomic E-state index is 14.0. The SMILES string of the molecule is CC(CO)C(O)CC(O)n1cc(F)c(=O)n(CC2(O)CCOCC2)c1=O. The molecule has 3 atom stereocenters. The van der Waals surface area contributed by atoms with E-state index in [-0.39, 0.29) is 39.1 Å². The zero-order valence-electron chi connectivity index (χ0n) is 14.5. The standard InChI is InChI=1S/C16H25FN2O7/c1-10(8-20)12(21)6-13(22)18-7-11(17)14(23)19(15(18)24)9-16(25)2-4-26-5-3-16/h7,10,12-13,20-22,25H,2-6,8-9H2,1H3. The highest BCUT2D eigenvalue weighted by atomic mass is 19.1. The second-order valence-corrected chi connectivity index (χ2v) is 6.84. The van der Waals surface area contributed by atoms with Crippen LogP contribution in [0.3, 0.4) is 0 Å². The molecule has 0 amide bonds. The monoisotopic (exact) mass is 376 g/mol. The maximum atomic E-state index is 14.0. The van der Waals surface area contributed by atoms with E-state index >= 15 is 0 Å². The number of aromatic nitrogens is 2. The lowest BCUT2D eigenvalue weighted by molar-refractivity contribution is -0.0748. The molecule has 148 valence electrons. The van der Waals surface area contributed by atoms with Crippen LogP contribution in [-0.4, -0.2) is 61.1 Å². The Hall–Kier alpha value is -1.59. The van der Waals surface area contributed by atoms with Gasteiger partial charge in [0.05, 0.1) is 24.4 Å². The molecule has 2 heterocycles. The molecule has 0 aromatic carbocycles. The second kappa shape index (κ2) is 8.40. The van der Waals surface area contributed by atoms with Crippen molar-refractivity contribution in [3.8, 4) is 0 Å². The number of rotatable bonds is 7. The van der Waals surface area contributed by atoms with Crippen LogP contribution < -0.4 is 11.2 Å². The summed E-state index contributed by atoms with van der Waals surface area (Å²) in [6.07, 6.45) is -2.12. The molecule has 1 aliphatic heterocycles. The number of aliphatic hydroxyl groups is 4. The van der Waals surface area contributed by atoms with E-state index < -0.39 is 47.5 Å². The van der Waals surface area contributed by atoms with Gasteiger partial charge in [-0.05, 0) is 0 Å². The molecule has 1 fully saturated rings. The first-order valence-corrected chi connectivity index (χ1v) is 8.47. The van der Waals surface area contributed by atoms with Gasteiger partial charge in [-0.1, -0.05) is 6.92 Å². The minimum atomic E-state index is -1.60. The summed E-state index contributed by atoms with van der Waals surface area (Å²) in [6, 6.07) is 0. The number of ether oxygens (including phenoxy) is 1. The summed E-state index contributed by atoms with van der Waals surface area (Å²) >= 11 is 0. The van der Waals surface area contributed by atoms with Gasteiger partial charge in [0.15, 0.2) is 0 Å². The molecule has 1 aromatic heterocycles. The van der Waals surface area contributed by atoms with Gasteiger partial charge in [0.2, 0.25) is 5.82 Å². The van der Waals surface area contributed by atoms with Crippen molar-refractivity contribution in [3.05, 3.63) is 32.9 Å². The van der Waals surface area contributed by atoms with Crippen molar-refractivity contribution < 1.29 is 29.6 Å². The van der Waals surface area contributed by atoms with Gasteiger partial charge in [-0.3, -0.25) is 13.9 Å². The van der Waals surface area contributed by atoms with Crippen LogP contribution in [0.5, 0.6) is 0 Å². The zero-order chi connectivity index (χ0) is 19.5. The van der Waals surface area contributed by atoms with Crippen LogP contribution in [0.25, 0.3) is 0 Å². The quantitative estimate of drug-likeness (QED) is 0.458. The fraction of sp³-hybridized carbons (Fsp3) is 0.750. The summed E-state index contributed by atoms with van der Waals surface area (Å²) in [5.41, 5.74) is -3.57. The molecule has 0 spiro atoms. The minimum absolute atomic E-state index is 0.185. The summed E-state index contributed by atoms with van der Waals surface area (Å²) in [5, 5.41) is 39.6. The molecular weight excluding hydrogens is 351 g/mol. The molecule has 0 bridgehead atoms. The van der Waals surface area contributed by atoms with Crippen LogP contribution in [0.15, 0.2) is 15.8 Å². The van der Waals surface area contributed by atoms with E-state index in [4.69, 9.17) is 9.84 Å². The van der Waals surface area contributed by atoms with Gasteiger partial charge >= 0.3 is 5.69 Å². The maximum Gasteiger partial charge on any atom is 0.333 e. The third kappa shape index (κ3) is 4.57. The zero-order valence-corrected chi connectivity index (χ0v) is 14.5. The molecule has 3 unspecified atom stereocenters. The van der Waals surface area contributed by atoms with E-state index in [1.165, 1.54) is 0 Å². The van der Waals surface area contributed by atoms with Gasteiger partial charge in [0.25, 0.3) is 5.56 Å². The lowest BCUT2D eigenvalue weighted by Crippen LogP contribution is -2.50. The third-order valence-electron chi connectivity index (χ3n) is 4.75. The molecule has 26 heavy (non-hydrogen) atoms. The van der Waals surface area contributed by atoms with Crippen molar-refractivity contribution in [2.45, 2.75) is 50.7 Å². The van der Waals surface area contributed by atoms with E-state index in [0.29, 0.717) is 15.3 Å². The van der Waals surface area contributed by atoms with Crippen LogP contribution in [0.1, 0.15) is 32.4 Å². The molecule has 0 saturated carbocycles. The first-order valence-electron chi connectivity index (χ1n) is 8.47. The molecule has 0 radical (unpaired) electrons. The van der Waals surface area contributed by atoms with E-state index in [0.717, 1.165) is 0 Å². The first-order chi connectivity index (χ1) is 12.2. The van der Waals surface area contributed by atoms with Gasteiger partial charge in [-0.25, -0.2) is 4.79 Å². The smallest absolute Gasteiger partial charge is 0.333 e. The number of halogens is 1.